The summed E-state index contributed by atoms with van der Waals surface area (Å²) in [6.45, 7) is 15.4. The van der Waals surface area contributed by atoms with Crippen LogP contribution in [0.4, 0.5) is 0 Å². The van der Waals surface area contributed by atoms with Gasteiger partial charge in [0.05, 0.1) is 6.10 Å². The van der Waals surface area contributed by atoms with Crippen molar-refractivity contribution in [1.29, 1.82) is 0 Å². The highest BCUT2D eigenvalue weighted by atomic mass is 16.5. The van der Waals surface area contributed by atoms with E-state index in [-0.39, 0.29) is 5.41 Å². The summed E-state index contributed by atoms with van der Waals surface area (Å²) in [7, 11) is 0. The molecule has 5 nitrogen and oxygen atoms in total. The molecule has 3 rings (SSSR count). The zero-order valence-corrected chi connectivity index (χ0v) is 16.1. The lowest BCUT2D eigenvalue weighted by Gasteiger charge is -2.55. The quantitative estimate of drug-likeness (QED) is 0.610. The summed E-state index contributed by atoms with van der Waals surface area (Å²) in [5.41, 5.74) is 0.193. The first-order valence-corrected chi connectivity index (χ1v) is 9.86. The summed E-state index contributed by atoms with van der Waals surface area (Å²) in [6.07, 6.45) is 4.00. The second-order valence-corrected chi connectivity index (χ2v) is 8.56. The van der Waals surface area contributed by atoms with Crippen LogP contribution in [0.5, 0.6) is 0 Å². The standard InChI is InChI=1S/C19H36N4O/c1-6-20-18(21-14-7-10-23(11-8-14)13(2)3)22-16-15-9-12-24-17(15)19(16,4)5/h13-17H,6-12H2,1-5H3,(H2,20,21,22). The number of guanidine groups is 1. The largest absolute Gasteiger partial charge is 0.377 e. The van der Waals surface area contributed by atoms with Crippen molar-refractivity contribution < 1.29 is 4.74 Å². The smallest absolute Gasteiger partial charge is 0.191 e. The third-order valence-electron chi connectivity index (χ3n) is 6.31. The van der Waals surface area contributed by atoms with E-state index in [1.807, 2.05) is 0 Å². The minimum Gasteiger partial charge on any atom is -0.377 e. The average Bonchev–Trinajstić information content (AvgIpc) is 3.00. The number of piperidine rings is 1. The number of likely N-dealkylation sites (tertiary alicyclic amines) is 1. The van der Waals surface area contributed by atoms with E-state index in [4.69, 9.17) is 9.73 Å². The molecule has 3 fully saturated rings. The first-order valence-electron chi connectivity index (χ1n) is 9.86. The summed E-state index contributed by atoms with van der Waals surface area (Å²) >= 11 is 0. The Hall–Kier alpha value is -0.810. The van der Waals surface area contributed by atoms with Crippen LogP contribution in [-0.4, -0.2) is 61.3 Å². The van der Waals surface area contributed by atoms with Crippen molar-refractivity contribution in [3.8, 4) is 0 Å². The van der Waals surface area contributed by atoms with E-state index in [2.05, 4.69) is 50.2 Å². The fourth-order valence-corrected chi connectivity index (χ4v) is 4.81. The average molecular weight is 337 g/mol. The van der Waals surface area contributed by atoms with Gasteiger partial charge in [-0.3, -0.25) is 4.99 Å². The summed E-state index contributed by atoms with van der Waals surface area (Å²) in [6, 6.07) is 1.66. The molecule has 2 aliphatic heterocycles. The molecule has 0 amide bonds. The van der Waals surface area contributed by atoms with Crippen LogP contribution in [0, 0.1) is 11.3 Å². The Balaban J connectivity index is 1.55. The van der Waals surface area contributed by atoms with Gasteiger partial charge < -0.3 is 20.3 Å². The van der Waals surface area contributed by atoms with Gasteiger partial charge in [-0.15, -0.1) is 0 Å². The fraction of sp³-hybridized carbons (Fsp3) is 0.947. The summed E-state index contributed by atoms with van der Waals surface area (Å²) in [5.74, 6) is 1.65. The molecule has 0 bridgehead atoms. The van der Waals surface area contributed by atoms with Gasteiger partial charge in [-0.05, 0) is 40.0 Å². The molecule has 0 aromatic rings. The minimum atomic E-state index is 0.193. The number of fused-ring (bicyclic) bond motifs is 1. The van der Waals surface area contributed by atoms with E-state index >= 15 is 0 Å². The van der Waals surface area contributed by atoms with Crippen molar-refractivity contribution >= 4 is 5.96 Å². The van der Waals surface area contributed by atoms with Crippen molar-refractivity contribution in [1.82, 2.24) is 15.5 Å². The summed E-state index contributed by atoms with van der Waals surface area (Å²) < 4.78 is 5.92. The molecule has 3 atom stereocenters. The molecular weight excluding hydrogens is 300 g/mol. The van der Waals surface area contributed by atoms with Crippen LogP contribution < -0.4 is 10.6 Å². The lowest BCUT2D eigenvalue weighted by Crippen LogP contribution is -2.68. The number of ether oxygens (including phenoxy) is 1. The van der Waals surface area contributed by atoms with Crippen LogP contribution in [0.1, 0.15) is 53.9 Å². The van der Waals surface area contributed by atoms with Crippen molar-refractivity contribution in [2.75, 3.05) is 26.2 Å². The molecule has 5 heteroatoms. The Kier molecular flexibility index (Phi) is 5.40. The van der Waals surface area contributed by atoms with E-state index in [0.717, 1.165) is 19.1 Å². The van der Waals surface area contributed by atoms with Gasteiger partial charge in [0.1, 0.15) is 0 Å². The van der Waals surface area contributed by atoms with Crippen LogP contribution in [0.15, 0.2) is 4.99 Å². The highest BCUT2D eigenvalue weighted by Gasteiger charge is 2.59. The highest BCUT2D eigenvalue weighted by molar-refractivity contribution is 5.80. The summed E-state index contributed by atoms with van der Waals surface area (Å²) in [5, 5.41) is 7.45. The number of nitrogens with one attached hydrogen (secondary N) is 2. The van der Waals surface area contributed by atoms with Crippen LogP contribution in [0.25, 0.3) is 0 Å². The van der Waals surface area contributed by atoms with Crippen molar-refractivity contribution in [2.24, 2.45) is 16.3 Å². The third-order valence-corrected chi connectivity index (χ3v) is 6.31. The zero-order chi connectivity index (χ0) is 17.3. The van der Waals surface area contributed by atoms with Gasteiger partial charge in [0, 0.05) is 55.7 Å². The van der Waals surface area contributed by atoms with Crippen molar-refractivity contribution in [3.05, 3.63) is 0 Å². The van der Waals surface area contributed by atoms with Crippen LogP contribution >= 0.6 is 0 Å². The normalized spacial score (nSPS) is 34.1. The van der Waals surface area contributed by atoms with Gasteiger partial charge in [-0.1, -0.05) is 13.8 Å². The second-order valence-electron chi connectivity index (χ2n) is 8.56. The molecule has 0 aromatic heterocycles. The maximum absolute atomic E-state index is 5.92. The molecule has 138 valence electrons. The fourth-order valence-electron chi connectivity index (χ4n) is 4.81. The Morgan fingerprint density at radius 2 is 1.92 bits per heavy atom. The third kappa shape index (κ3) is 3.43. The van der Waals surface area contributed by atoms with Gasteiger partial charge >= 0.3 is 0 Å². The topological polar surface area (TPSA) is 48.9 Å². The van der Waals surface area contributed by atoms with Crippen LogP contribution in [0.2, 0.25) is 0 Å². The number of nitrogens with zero attached hydrogens (tertiary/aromatic N) is 2. The molecule has 0 radical (unpaired) electrons. The van der Waals surface area contributed by atoms with Gasteiger partial charge in [0.15, 0.2) is 5.96 Å². The van der Waals surface area contributed by atoms with Crippen molar-refractivity contribution in [3.63, 3.8) is 0 Å². The number of rotatable bonds is 4. The predicted octanol–water partition coefficient (Wildman–Crippen LogP) is 2.23. The number of hydrogen-bond acceptors (Lipinski definition) is 3. The van der Waals surface area contributed by atoms with Crippen LogP contribution in [0.3, 0.4) is 0 Å². The van der Waals surface area contributed by atoms with Gasteiger partial charge in [-0.25, -0.2) is 0 Å². The molecule has 2 heterocycles. The Morgan fingerprint density at radius 1 is 1.21 bits per heavy atom. The maximum atomic E-state index is 5.92. The SMILES string of the molecule is CCN=C(NC1CCN(C(C)C)CC1)NC1C2CCOC2C1(C)C. The molecule has 2 saturated heterocycles. The molecule has 24 heavy (non-hydrogen) atoms. The molecule has 3 aliphatic rings. The monoisotopic (exact) mass is 336 g/mol. The first kappa shape index (κ1) is 18.0. The number of hydrogen-bond donors (Lipinski definition) is 2. The van der Waals surface area contributed by atoms with Gasteiger partial charge in [-0.2, -0.15) is 0 Å². The van der Waals surface area contributed by atoms with E-state index in [1.54, 1.807) is 0 Å². The van der Waals surface area contributed by atoms with Gasteiger partial charge in [0.25, 0.3) is 0 Å². The molecule has 2 N–H and O–H groups in total. The second kappa shape index (κ2) is 7.20. The molecule has 3 unspecified atom stereocenters. The predicted molar refractivity (Wildman–Crippen MR) is 99.4 cm³/mol. The van der Waals surface area contributed by atoms with E-state index in [9.17, 15) is 0 Å². The molecule has 0 spiro atoms. The Labute approximate surface area is 147 Å². The molecule has 1 saturated carbocycles. The molecular formula is C19H36N4O. The molecule has 0 aromatic carbocycles. The summed E-state index contributed by atoms with van der Waals surface area (Å²) in [4.78, 5) is 7.28. The zero-order valence-electron chi connectivity index (χ0n) is 16.1. The molecule has 1 aliphatic carbocycles. The van der Waals surface area contributed by atoms with E-state index in [0.29, 0.717) is 30.1 Å². The van der Waals surface area contributed by atoms with Crippen LogP contribution in [-0.2, 0) is 4.74 Å². The number of aliphatic imine (C=N–C) groups is 1. The Bertz CT molecular complexity index is 454. The lowest BCUT2D eigenvalue weighted by molar-refractivity contribution is -0.106. The Morgan fingerprint density at radius 3 is 2.54 bits per heavy atom. The van der Waals surface area contributed by atoms with E-state index < -0.39 is 0 Å². The lowest BCUT2D eigenvalue weighted by atomic mass is 9.57. The minimum absolute atomic E-state index is 0.193. The first-order chi connectivity index (χ1) is 11.4. The van der Waals surface area contributed by atoms with Gasteiger partial charge in [0.2, 0.25) is 0 Å². The highest BCUT2D eigenvalue weighted by Crippen LogP contribution is 2.52. The maximum Gasteiger partial charge on any atom is 0.191 e. The van der Waals surface area contributed by atoms with E-state index in [1.165, 1.54) is 32.4 Å². The van der Waals surface area contributed by atoms with Crippen molar-refractivity contribution in [2.45, 2.75) is 78.1 Å².